The highest BCUT2D eigenvalue weighted by atomic mass is 35.5. The summed E-state index contributed by atoms with van der Waals surface area (Å²) in [5.74, 6) is 0. The lowest BCUT2D eigenvalue weighted by Crippen LogP contribution is -2.28. The van der Waals surface area contributed by atoms with Crippen molar-refractivity contribution in [3.63, 3.8) is 0 Å². The Morgan fingerprint density at radius 1 is 0.718 bits per heavy atom. The van der Waals surface area contributed by atoms with Gasteiger partial charge < -0.3 is 8.39 Å². The lowest BCUT2D eigenvalue weighted by molar-refractivity contribution is -0.677. The van der Waals surface area contributed by atoms with Gasteiger partial charge in [0.25, 0.3) is 8.01 Å². The quantitative estimate of drug-likeness (QED) is 0.205. The van der Waals surface area contributed by atoms with Crippen LogP contribution in [0.2, 0.25) is 0 Å². The van der Waals surface area contributed by atoms with Crippen molar-refractivity contribution in [2.75, 3.05) is 0 Å². The van der Waals surface area contributed by atoms with Gasteiger partial charge in [0.2, 0.25) is 6.33 Å². The van der Waals surface area contributed by atoms with Gasteiger partial charge in [-0.15, -0.1) is 12.4 Å². The van der Waals surface area contributed by atoms with Crippen LogP contribution < -0.4 is 4.57 Å². The SMILES string of the molecule is Cc1cc(C)c(-n2cc[n+](Cp3oc4ccc5ccccc5c4c4c(ccc5ccccc54)o3)c2)c(C)c1.Cl. The normalized spacial score (nSPS) is 11.4. The second-order valence-corrected chi connectivity index (χ2v) is 11.4. The molecule has 7 aromatic rings. The second kappa shape index (κ2) is 9.96. The van der Waals surface area contributed by atoms with E-state index in [4.69, 9.17) is 8.39 Å². The van der Waals surface area contributed by atoms with E-state index < -0.39 is 8.01 Å². The average molecular weight is 552 g/mol. The Hall–Kier alpha value is -3.98. The highest BCUT2D eigenvalue weighted by Crippen LogP contribution is 2.40. The van der Waals surface area contributed by atoms with Crippen LogP contribution in [0, 0.1) is 20.8 Å². The van der Waals surface area contributed by atoms with Crippen LogP contribution in [-0.2, 0) is 6.29 Å². The summed E-state index contributed by atoms with van der Waals surface area (Å²) < 4.78 is 17.7. The topological polar surface area (TPSA) is 35.1 Å². The summed E-state index contributed by atoms with van der Waals surface area (Å²) in [6.07, 6.45) is 6.96. The Bertz CT molecular complexity index is 1940. The molecule has 0 atom stereocenters. The maximum atomic E-state index is 6.69. The minimum atomic E-state index is -1.29. The molecule has 5 aromatic carbocycles. The van der Waals surface area contributed by atoms with Crippen molar-refractivity contribution < 1.29 is 13.0 Å². The van der Waals surface area contributed by atoms with Crippen molar-refractivity contribution in [1.82, 2.24) is 4.57 Å². The van der Waals surface area contributed by atoms with Gasteiger partial charge in [-0.3, -0.25) is 0 Å². The zero-order valence-electron chi connectivity index (χ0n) is 22.1. The zero-order valence-corrected chi connectivity index (χ0v) is 23.8. The molecular weight excluding hydrogens is 523 g/mol. The Kier molecular flexibility index (Phi) is 6.46. The van der Waals surface area contributed by atoms with Crippen LogP contribution in [0.1, 0.15) is 16.7 Å². The van der Waals surface area contributed by atoms with E-state index in [2.05, 4.69) is 134 Å². The monoisotopic (exact) mass is 551 g/mol. The number of benzene rings is 5. The highest BCUT2D eigenvalue weighted by molar-refractivity contribution is 7.35. The Morgan fingerprint density at radius 3 is 1.82 bits per heavy atom. The summed E-state index contributed by atoms with van der Waals surface area (Å²) in [6, 6.07) is 30.0. The predicted molar refractivity (Wildman–Crippen MR) is 164 cm³/mol. The van der Waals surface area contributed by atoms with Crippen LogP contribution in [0.5, 0.6) is 0 Å². The Labute approximate surface area is 234 Å². The number of halogens is 1. The lowest BCUT2D eigenvalue weighted by atomic mass is 9.99. The zero-order chi connectivity index (χ0) is 25.8. The van der Waals surface area contributed by atoms with E-state index in [0.717, 1.165) is 21.9 Å². The van der Waals surface area contributed by atoms with Gasteiger partial charge in [0.05, 0.1) is 0 Å². The van der Waals surface area contributed by atoms with Gasteiger partial charge in [-0.1, -0.05) is 78.4 Å². The number of fused-ring (bicyclic) bond motifs is 7. The molecule has 0 N–H and O–H groups in total. The van der Waals surface area contributed by atoms with Crippen LogP contribution in [0.25, 0.3) is 49.2 Å². The fraction of sp³-hybridized carbons (Fsp3) is 0.121. The minimum absolute atomic E-state index is 0. The molecule has 7 rings (SSSR count). The molecule has 0 radical (unpaired) electrons. The first kappa shape index (κ1) is 25.3. The van der Waals surface area contributed by atoms with Gasteiger partial charge in [0, 0.05) is 10.8 Å². The molecule has 0 spiro atoms. The van der Waals surface area contributed by atoms with Crippen LogP contribution in [-0.4, -0.2) is 4.57 Å². The van der Waals surface area contributed by atoms with E-state index in [-0.39, 0.29) is 12.4 Å². The number of rotatable bonds is 3. The van der Waals surface area contributed by atoms with Gasteiger partial charge in [-0.25, -0.2) is 9.13 Å². The third kappa shape index (κ3) is 4.40. The first-order valence-electron chi connectivity index (χ1n) is 12.9. The Morgan fingerprint density at radius 2 is 1.26 bits per heavy atom. The van der Waals surface area contributed by atoms with Crippen molar-refractivity contribution >= 4 is 63.9 Å². The van der Waals surface area contributed by atoms with Gasteiger partial charge in [-0.05, 0) is 65.6 Å². The standard InChI is InChI=1S/C33H28N2O2P.ClH/c1-22-18-23(2)33(24(3)19-22)35-17-16-34(20-35)21-38-36-29-14-12-25-8-4-6-10-27(25)31(29)32-28-11-7-5-9-26(28)13-15-30(32)37-38;/h4-20H,21H2,1-3H3;1H/q+1;. The summed E-state index contributed by atoms with van der Waals surface area (Å²) in [4.78, 5) is 0. The molecule has 2 aromatic heterocycles. The van der Waals surface area contributed by atoms with Crippen molar-refractivity contribution in [1.29, 1.82) is 0 Å². The van der Waals surface area contributed by atoms with Crippen molar-refractivity contribution in [2.45, 2.75) is 27.1 Å². The van der Waals surface area contributed by atoms with Gasteiger partial charge in [-0.2, -0.15) is 0 Å². The fourth-order valence-electron chi connectivity index (χ4n) is 5.79. The minimum Gasteiger partial charge on any atom is -0.416 e. The second-order valence-electron chi connectivity index (χ2n) is 10.1. The van der Waals surface area contributed by atoms with Gasteiger partial charge in [0.15, 0.2) is 6.29 Å². The number of aryl methyl sites for hydroxylation is 3. The molecule has 194 valence electrons. The van der Waals surface area contributed by atoms with E-state index in [0.29, 0.717) is 6.29 Å². The molecule has 0 aliphatic rings. The molecule has 2 heterocycles. The fourth-order valence-corrected chi connectivity index (χ4v) is 7.12. The summed E-state index contributed by atoms with van der Waals surface area (Å²) in [7, 11) is -1.29. The maximum absolute atomic E-state index is 6.69. The average Bonchev–Trinajstić information content (AvgIpc) is 3.28. The largest absolute Gasteiger partial charge is 0.416 e. The third-order valence-electron chi connectivity index (χ3n) is 7.30. The number of hydrogen-bond acceptors (Lipinski definition) is 2. The van der Waals surface area contributed by atoms with Crippen molar-refractivity contribution in [2.24, 2.45) is 0 Å². The van der Waals surface area contributed by atoms with Crippen LogP contribution >= 0.6 is 20.4 Å². The van der Waals surface area contributed by atoms with E-state index in [1.54, 1.807) is 0 Å². The first-order valence-corrected chi connectivity index (χ1v) is 14.2. The van der Waals surface area contributed by atoms with Crippen LogP contribution in [0.15, 0.2) is 112 Å². The maximum Gasteiger partial charge on any atom is 0.262 e. The molecule has 39 heavy (non-hydrogen) atoms. The molecule has 0 unspecified atom stereocenters. The highest BCUT2D eigenvalue weighted by Gasteiger charge is 2.17. The predicted octanol–water partition coefficient (Wildman–Crippen LogP) is 9.53. The smallest absolute Gasteiger partial charge is 0.262 e. The van der Waals surface area contributed by atoms with E-state index >= 15 is 0 Å². The molecule has 4 nitrogen and oxygen atoms in total. The molecule has 0 amide bonds. The van der Waals surface area contributed by atoms with Gasteiger partial charge >= 0.3 is 0 Å². The molecule has 6 heteroatoms. The summed E-state index contributed by atoms with van der Waals surface area (Å²) in [5.41, 5.74) is 6.77. The van der Waals surface area contributed by atoms with Crippen LogP contribution in [0.3, 0.4) is 0 Å². The molecule has 0 aliphatic carbocycles. The lowest BCUT2D eigenvalue weighted by Gasteiger charge is -2.06. The van der Waals surface area contributed by atoms with E-state index in [1.165, 1.54) is 43.9 Å². The van der Waals surface area contributed by atoms with E-state index in [9.17, 15) is 0 Å². The molecule has 0 saturated carbocycles. The number of nitrogens with zero attached hydrogens (tertiary/aromatic N) is 2. The molecular formula is C33H29ClN2O2P+. The number of aromatic nitrogens is 2. The molecule has 0 aliphatic heterocycles. The molecule has 0 fully saturated rings. The third-order valence-corrected chi connectivity index (χ3v) is 8.65. The number of imidazole rings is 1. The van der Waals surface area contributed by atoms with Crippen molar-refractivity contribution in [3.8, 4) is 5.69 Å². The Balaban J connectivity index is 0.00000277. The van der Waals surface area contributed by atoms with Crippen molar-refractivity contribution in [3.05, 3.63) is 120 Å². The number of hydrogen-bond donors (Lipinski definition) is 0. The summed E-state index contributed by atoms with van der Waals surface area (Å²) in [5, 5.41) is 6.94. The summed E-state index contributed by atoms with van der Waals surface area (Å²) >= 11 is 0. The van der Waals surface area contributed by atoms with Gasteiger partial charge in [0.1, 0.15) is 29.2 Å². The summed E-state index contributed by atoms with van der Waals surface area (Å²) in [6.45, 7) is 6.48. The van der Waals surface area contributed by atoms with E-state index in [1.807, 2.05) is 0 Å². The van der Waals surface area contributed by atoms with Crippen LogP contribution in [0.4, 0.5) is 0 Å². The molecule has 0 bridgehead atoms. The first-order chi connectivity index (χ1) is 18.5. The molecule has 0 saturated heterocycles.